The van der Waals surface area contributed by atoms with Gasteiger partial charge in [0.15, 0.2) is 0 Å². The maximum absolute atomic E-state index is 12.3. The van der Waals surface area contributed by atoms with E-state index in [9.17, 15) is 9.59 Å². The molecular weight excluding hydrogens is 388 g/mol. The first-order chi connectivity index (χ1) is 13.9. The van der Waals surface area contributed by atoms with E-state index in [-0.39, 0.29) is 12.0 Å². The normalized spacial score (nSPS) is 10.4. The lowest BCUT2D eigenvalue weighted by Crippen LogP contribution is -2.18. The second kappa shape index (κ2) is 8.76. The number of pyridine rings is 1. The molecule has 0 fully saturated rings. The summed E-state index contributed by atoms with van der Waals surface area (Å²) >= 11 is 6.29. The zero-order chi connectivity index (χ0) is 21.0. The first-order valence-corrected chi connectivity index (χ1v) is 9.46. The van der Waals surface area contributed by atoms with Crippen LogP contribution in [0.2, 0.25) is 5.02 Å². The number of hydrogen-bond donors (Lipinski definition) is 1. The second-order valence-electron chi connectivity index (χ2n) is 6.65. The van der Waals surface area contributed by atoms with Crippen LogP contribution < -0.4 is 10.3 Å². The van der Waals surface area contributed by atoms with Crippen LogP contribution in [0.1, 0.15) is 28.8 Å². The Morgan fingerprint density at radius 3 is 2.52 bits per heavy atom. The molecule has 3 rings (SSSR count). The molecule has 3 aromatic rings. The highest BCUT2D eigenvalue weighted by Gasteiger charge is 2.15. The molecule has 5 nitrogen and oxygen atoms in total. The number of carbonyl (C=O) groups is 1. The number of carbonyl (C=O) groups excluding carboxylic acids is 1. The number of esters is 1. The summed E-state index contributed by atoms with van der Waals surface area (Å²) in [5, 5.41) is 9.50. The van der Waals surface area contributed by atoms with Gasteiger partial charge in [-0.2, -0.15) is 5.26 Å². The molecule has 0 atom stereocenters. The molecule has 0 saturated carbocycles. The molecule has 0 aliphatic carbocycles. The van der Waals surface area contributed by atoms with Crippen molar-refractivity contribution in [1.82, 2.24) is 4.98 Å². The molecule has 0 amide bonds. The molecule has 2 aromatic carbocycles. The molecule has 0 radical (unpaired) electrons. The number of H-pyrrole nitrogens is 1. The van der Waals surface area contributed by atoms with Gasteiger partial charge in [0.1, 0.15) is 17.4 Å². The lowest BCUT2D eigenvalue weighted by atomic mass is 9.99. The van der Waals surface area contributed by atoms with Crippen LogP contribution in [0.3, 0.4) is 0 Å². The fraction of sp³-hybridized carbons (Fsp3) is 0.174. The highest BCUT2D eigenvalue weighted by molar-refractivity contribution is 6.32. The Hall–Kier alpha value is -3.36. The molecule has 146 valence electrons. The van der Waals surface area contributed by atoms with E-state index in [1.165, 1.54) is 0 Å². The summed E-state index contributed by atoms with van der Waals surface area (Å²) in [5.41, 5.74) is 3.60. The number of nitrogens with zero attached hydrogens (tertiary/aromatic N) is 1. The summed E-state index contributed by atoms with van der Waals surface area (Å²) in [7, 11) is 0. The lowest BCUT2D eigenvalue weighted by molar-refractivity contribution is -0.134. The number of rotatable bonds is 5. The smallest absolute Gasteiger partial charge is 0.311 e. The van der Waals surface area contributed by atoms with Gasteiger partial charge in [-0.05, 0) is 54.7 Å². The SMILES string of the molecule is Cc1[nH]c(=O)c(C#N)c(C)c1CCC(=O)Oc1ccc(-c2ccccc2)cc1Cl. The average molecular weight is 407 g/mol. The fourth-order valence-electron chi connectivity index (χ4n) is 3.21. The molecule has 0 aliphatic heterocycles. The molecular formula is C23H19ClN2O3. The third-order valence-corrected chi connectivity index (χ3v) is 5.06. The van der Waals surface area contributed by atoms with Gasteiger partial charge < -0.3 is 9.72 Å². The maximum Gasteiger partial charge on any atom is 0.311 e. The Bertz CT molecular complexity index is 1160. The van der Waals surface area contributed by atoms with Crippen LogP contribution >= 0.6 is 11.6 Å². The van der Waals surface area contributed by atoms with Crippen molar-refractivity contribution in [3.63, 3.8) is 0 Å². The molecule has 1 N–H and O–H groups in total. The summed E-state index contributed by atoms with van der Waals surface area (Å²) in [4.78, 5) is 26.8. The van der Waals surface area contributed by atoms with Crippen molar-refractivity contribution in [3.8, 4) is 22.9 Å². The first kappa shape index (κ1) is 20.4. The zero-order valence-electron chi connectivity index (χ0n) is 16.1. The van der Waals surface area contributed by atoms with E-state index < -0.39 is 11.5 Å². The van der Waals surface area contributed by atoms with E-state index in [1.807, 2.05) is 42.5 Å². The van der Waals surface area contributed by atoms with E-state index in [0.717, 1.165) is 16.7 Å². The Kier molecular flexibility index (Phi) is 6.16. The van der Waals surface area contributed by atoms with Gasteiger partial charge in [-0.3, -0.25) is 9.59 Å². The topological polar surface area (TPSA) is 83.0 Å². The quantitative estimate of drug-likeness (QED) is 0.490. The van der Waals surface area contributed by atoms with Crippen LogP contribution in [0.4, 0.5) is 0 Å². The molecule has 6 heteroatoms. The summed E-state index contributed by atoms with van der Waals surface area (Å²) in [6, 6.07) is 17.0. The van der Waals surface area contributed by atoms with E-state index >= 15 is 0 Å². The summed E-state index contributed by atoms with van der Waals surface area (Å²) < 4.78 is 5.41. The minimum absolute atomic E-state index is 0.0681. The van der Waals surface area contributed by atoms with Gasteiger partial charge in [0.2, 0.25) is 0 Å². The molecule has 0 saturated heterocycles. The molecule has 1 heterocycles. The number of benzene rings is 2. The van der Waals surface area contributed by atoms with Crippen molar-refractivity contribution in [2.24, 2.45) is 0 Å². The van der Waals surface area contributed by atoms with Crippen LogP contribution in [0.5, 0.6) is 5.75 Å². The van der Waals surface area contributed by atoms with E-state index in [1.54, 1.807) is 26.0 Å². The number of halogens is 1. The van der Waals surface area contributed by atoms with Gasteiger partial charge >= 0.3 is 5.97 Å². The van der Waals surface area contributed by atoms with Crippen LogP contribution in [-0.2, 0) is 11.2 Å². The Morgan fingerprint density at radius 2 is 1.86 bits per heavy atom. The van der Waals surface area contributed by atoms with Crippen molar-refractivity contribution in [2.75, 3.05) is 0 Å². The summed E-state index contributed by atoms with van der Waals surface area (Å²) in [6.45, 7) is 3.45. The summed E-state index contributed by atoms with van der Waals surface area (Å²) in [6.07, 6.45) is 0.442. The number of aromatic amines is 1. The first-order valence-electron chi connectivity index (χ1n) is 9.08. The lowest BCUT2D eigenvalue weighted by Gasteiger charge is -2.11. The fourth-order valence-corrected chi connectivity index (χ4v) is 3.43. The van der Waals surface area contributed by atoms with Gasteiger partial charge in [0, 0.05) is 5.69 Å². The Balaban J connectivity index is 1.71. The third-order valence-electron chi connectivity index (χ3n) is 4.76. The summed E-state index contributed by atoms with van der Waals surface area (Å²) in [5.74, 6) is -0.146. The number of ether oxygens (including phenoxy) is 1. The highest BCUT2D eigenvalue weighted by atomic mass is 35.5. The van der Waals surface area contributed by atoms with Crippen LogP contribution in [0.25, 0.3) is 11.1 Å². The van der Waals surface area contributed by atoms with Gasteiger partial charge in [0.05, 0.1) is 11.4 Å². The van der Waals surface area contributed by atoms with Crippen molar-refractivity contribution in [1.29, 1.82) is 5.26 Å². The van der Waals surface area contributed by atoms with Gasteiger partial charge in [0.25, 0.3) is 5.56 Å². The average Bonchev–Trinajstić information content (AvgIpc) is 2.70. The molecule has 0 aliphatic rings. The minimum Gasteiger partial charge on any atom is -0.425 e. The van der Waals surface area contributed by atoms with Crippen molar-refractivity contribution >= 4 is 17.6 Å². The van der Waals surface area contributed by atoms with Crippen molar-refractivity contribution in [2.45, 2.75) is 26.7 Å². The predicted molar refractivity (Wildman–Crippen MR) is 112 cm³/mol. The monoisotopic (exact) mass is 406 g/mol. The highest BCUT2D eigenvalue weighted by Crippen LogP contribution is 2.30. The molecule has 29 heavy (non-hydrogen) atoms. The van der Waals surface area contributed by atoms with Crippen molar-refractivity contribution < 1.29 is 9.53 Å². The van der Waals surface area contributed by atoms with Crippen LogP contribution in [-0.4, -0.2) is 11.0 Å². The molecule has 0 spiro atoms. The van der Waals surface area contributed by atoms with E-state index in [4.69, 9.17) is 21.6 Å². The van der Waals surface area contributed by atoms with Crippen LogP contribution in [0.15, 0.2) is 53.3 Å². The number of nitrogens with one attached hydrogen (secondary N) is 1. The van der Waals surface area contributed by atoms with Gasteiger partial charge in [-0.15, -0.1) is 0 Å². The maximum atomic E-state index is 12.3. The third kappa shape index (κ3) is 4.56. The minimum atomic E-state index is -0.442. The van der Waals surface area contributed by atoms with E-state index in [0.29, 0.717) is 28.5 Å². The standard InChI is InChI=1S/C23H19ClN2O3/c1-14-18(15(2)26-23(28)19(14)13-25)9-11-22(27)29-21-10-8-17(12-20(21)24)16-6-4-3-5-7-16/h3-8,10,12H,9,11H2,1-2H3,(H,26,28). The Morgan fingerprint density at radius 1 is 1.14 bits per heavy atom. The predicted octanol–water partition coefficient (Wildman–Crippen LogP) is 4.72. The molecule has 0 bridgehead atoms. The molecule has 0 unspecified atom stereocenters. The van der Waals surface area contributed by atoms with Gasteiger partial charge in [-0.25, -0.2) is 0 Å². The number of hydrogen-bond acceptors (Lipinski definition) is 4. The number of aromatic nitrogens is 1. The van der Waals surface area contributed by atoms with Gasteiger partial charge in [-0.1, -0.05) is 48.0 Å². The number of nitriles is 1. The Labute approximate surface area is 173 Å². The zero-order valence-corrected chi connectivity index (χ0v) is 16.8. The van der Waals surface area contributed by atoms with Crippen LogP contribution in [0, 0.1) is 25.2 Å². The molecule has 1 aromatic heterocycles. The second-order valence-corrected chi connectivity index (χ2v) is 7.06. The van der Waals surface area contributed by atoms with E-state index in [2.05, 4.69) is 4.98 Å². The number of aryl methyl sites for hydroxylation is 1. The van der Waals surface area contributed by atoms with Crippen molar-refractivity contribution in [3.05, 3.63) is 86.3 Å². The largest absolute Gasteiger partial charge is 0.425 e.